The van der Waals surface area contributed by atoms with Crippen molar-refractivity contribution in [2.75, 3.05) is 13.1 Å². The second-order valence-corrected chi connectivity index (χ2v) is 3.34. The van der Waals surface area contributed by atoms with Gasteiger partial charge >= 0.3 is 0 Å². The Morgan fingerprint density at radius 2 is 1.69 bits per heavy atom. The Morgan fingerprint density at radius 3 is 2.00 bits per heavy atom. The molecule has 0 spiro atoms. The minimum atomic E-state index is -0.307. The molecule has 0 fully saturated rings. The lowest BCUT2D eigenvalue weighted by molar-refractivity contribution is -0.132. The second kappa shape index (κ2) is 6.89. The molecule has 1 amide bonds. The fraction of sp³-hybridized carbons (Fsp3) is 0.900. The summed E-state index contributed by atoms with van der Waals surface area (Å²) < 4.78 is 0. The van der Waals surface area contributed by atoms with Gasteiger partial charge in [0.2, 0.25) is 5.91 Å². The van der Waals surface area contributed by atoms with Gasteiger partial charge in [0, 0.05) is 13.1 Å². The van der Waals surface area contributed by atoms with Gasteiger partial charge < -0.3 is 10.6 Å². The first-order valence-electron chi connectivity index (χ1n) is 5.21. The van der Waals surface area contributed by atoms with Crippen molar-refractivity contribution in [2.45, 2.75) is 46.1 Å². The van der Waals surface area contributed by atoms with Crippen LogP contribution in [0.3, 0.4) is 0 Å². The molecule has 0 aromatic carbocycles. The third-order valence-corrected chi connectivity index (χ3v) is 2.06. The van der Waals surface area contributed by atoms with Crippen molar-refractivity contribution in [3.8, 4) is 0 Å². The van der Waals surface area contributed by atoms with Gasteiger partial charge in [-0.15, -0.1) is 0 Å². The summed E-state index contributed by atoms with van der Waals surface area (Å²) in [5.41, 5.74) is 5.69. The highest BCUT2D eigenvalue weighted by Crippen LogP contribution is 1.99. The molecule has 78 valence electrons. The summed E-state index contributed by atoms with van der Waals surface area (Å²) in [6.07, 6.45) is 2.73. The summed E-state index contributed by atoms with van der Waals surface area (Å²) in [7, 11) is 0. The average molecular weight is 186 g/mol. The molecule has 0 bridgehead atoms. The largest absolute Gasteiger partial charge is 0.341 e. The predicted molar refractivity (Wildman–Crippen MR) is 55.4 cm³/mol. The van der Waals surface area contributed by atoms with Crippen LogP contribution in [0.2, 0.25) is 0 Å². The molecule has 0 saturated heterocycles. The van der Waals surface area contributed by atoms with E-state index >= 15 is 0 Å². The predicted octanol–water partition coefficient (Wildman–Crippen LogP) is 1.37. The summed E-state index contributed by atoms with van der Waals surface area (Å²) in [5.74, 6) is 0.103. The molecule has 3 heteroatoms. The highest BCUT2D eigenvalue weighted by molar-refractivity contribution is 5.81. The number of amides is 1. The maximum absolute atomic E-state index is 11.7. The molecule has 0 heterocycles. The van der Waals surface area contributed by atoms with Gasteiger partial charge in [-0.25, -0.2) is 0 Å². The van der Waals surface area contributed by atoms with E-state index in [1.165, 1.54) is 0 Å². The van der Waals surface area contributed by atoms with Crippen molar-refractivity contribution < 1.29 is 4.79 Å². The molecule has 2 N–H and O–H groups in total. The standard InChI is InChI=1S/C10H22N2O/c1-4-7-12(8-5-2)10(13)9(11)6-3/h9H,4-8,11H2,1-3H3/t9-/m1/s1. The first-order chi connectivity index (χ1) is 6.17. The Kier molecular flexibility index (Phi) is 6.59. The van der Waals surface area contributed by atoms with Crippen LogP contribution in [0.25, 0.3) is 0 Å². The second-order valence-electron chi connectivity index (χ2n) is 3.34. The van der Waals surface area contributed by atoms with Crippen molar-refractivity contribution >= 4 is 5.91 Å². The van der Waals surface area contributed by atoms with Gasteiger partial charge in [-0.05, 0) is 19.3 Å². The van der Waals surface area contributed by atoms with Crippen LogP contribution in [0.5, 0.6) is 0 Å². The van der Waals surface area contributed by atoms with Gasteiger partial charge in [0.15, 0.2) is 0 Å². The minimum Gasteiger partial charge on any atom is -0.341 e. The van der Waals surface area contributed by atoms with E-state index in [9.17, 15) is 4.79 Å². The molecule has 1 atom stereocenters. The summed E-state index contributed by atoms with van der Waals surface area (Å²) in [4.78, 5) is 13.5. The van der Waals surface area contributed by atoms with Crippen molar-refractivity contribution in [1.82, 2.24) is 4.90 Å². The number of hydrogen-bond donors (Lipinski definition) is 1. The molecule has 0 rings (SSSR count). The fourth-order valence-corrected chi connectivity index (χ4v) is 1.28. The third-order valence-electron chi connectivity index (χ3n) is 2.06. The molecule has 0 aliphatic rings. The SMILES string of the molecule is CCCN(CCC)C(=O)[C@H](N)CC. The highest BCUT2D eigenvalue weighted by Gasteiger charge is 2.17. The zero-order valence-electron chi connectivity index (χ0n) is 9.05. The van der Waals surface area contributed by atoms with E-state index in [1.54, 1.807) is 0 Å². The number of carbonyl (C=O) groups excluding carboxylic acids is 1. The van der Waals surface area contributed by atoms with Crippen molar-refractivity contribution in [3.05, 3.63) is 0 Å². The van der Waals surface area contributed by atoms with Crippen LogP contribution in [-0.2, 0) is 4.79 Å². The van der Waals surface area contributed by atoms with E-state index in [1.807, 2.05) is 11.8 Å². The third kappa shape index (κ3) is 4.27. The van der Waals surface area contributed by atoms with Crippen molar-refractivity contribution in [3.63, 3.8) is 0 Å². The Bertz CT molecular complexity index is 142. The molecule has 0 aromatic rings. The van der Waals surface area contributed by atoms with Crippen molar-refractivity contribution in [2.24, 2.45) is 5.73 Å². The van der Waals surface area contributed by atoms with E-state index < -0.39 is 0 Å². The normalized spacial score (nSPS) is 12.6. The maximum Gasteiger partial charge on any atom is 0.239 e. The monoisotopic (exact) mass is 186 g/mol. The van der Waals surface area contributed by atoms with Crippen LogP contribution < -0.4 is 5.73 Å². The number of carbonyl (C=O) groups is 1. The topological polar surface area (TPSA) is 46.3 Å². The summed E-state index contributed by atoms with van der Waals surface area (Å²) in [6.45, 7) is 7.76. The van der Waals surface area contributed by atoms with Crippen LogP contribution in [0.4, 0.5) is 0 Å². The minimum absolute atomic E-state index is 0.103. The zero-order valence-corrected chi connectivity index (χ0v) is 9.05. The van der Waals surface area contributed by atoms with E-state index in [0.29, 0.717) is 0 Å². The molecular formula is C10H22N2O. The Balaban J connectivity index is 4.09. The van der Waals surface area contributed by atoms with E-state index in [4.69, 9.17) is 5.73 Å². The van der Waals surface area contributed by atoms with Gasteiger partial charge in [0.05, 0.1) is 6.04 Å². The molecule has 13 heavy (non-hydrogen) atoms. The lowest BCUT2D eigenvalue weighted by Gasteiger charge is -2.24. The van der Waals surface area contributed by atoms with E-state index in [-0.39, 0.29) is 11.9 Å². The average Bonchev–Trinajstić information content (AvgIpc) is 2.15. The first kappa shape index (κ1) is 12.4. The van der Waals surface area contributed by atoms with Crippen molar-refractivity contribution in [1.29, 1.82) is 0 Å². The van der Waals surface area contributed by atoms with Crippen LogP contribution in [-0.4, -0.2) is 29.9 Å². The molecule has 0 aromatic heterocycles. The van der Waals surface area contributed by atoms with Crippen LogP contribution in [0.1, 0.15) is 40.0 Å². The lowest BCUT2D eigenvalue weighted by Crippen LogP contribution is -2.44. The van der Waals surface area contributed by atoms with E-state index in [2.05, 4.69) is 13.8 Å². The van der Waals surface area contributed by atoms with Crippen LogP contribution >= 0.6 is 0 Å². The Hall–Kier alpha value is -0.570. The molecular weight excluding hydrogens is 164 g/mol. The summed E-state index contributed by atoms with van der Waals surface area (Å²) >= 11 is 0. The number of nitrogens with zero attached hydrogens (tertiary/aromatic N) is 1. The molecule has 0 aliphatic heterocycles. The van der Waals surface area contributed by atoms with Gasteiger partial charge in [-0.3, -0.25) is 4.79 Å². The quantitative estimate of drug-likeness (QED) is 0.681. The summed E-state index contributed by atoms with van der Waals surface area (Å²) in [5, 5.41) is 0. The Morgan fingerprint density at radius 1 is 1.23 bits per heavy atom. The van der Waals surface area contributed by atoms with Gasteiger partial charge in [-0.2, -0.15) is 0 Å². The van der Waals surface area contributed by atoms with E-state index in [0.717, 1.165) is 32.4 Å². The smallest absolute Gasteiger partial charge is 0.239 e. The van der Waals surface area contributed by atoms with Gasteiger partial charge in [0.1, 0.15) is 0 Å². The fourth-order valence-electron chi connectivity index (χ4n) is 1.28. The molecule has 0 radical (unpaired) electrons. The number of nitrogens with two attached hydrogens (primary N) is 1. The van der Waals surface area contributed by atoms with Gasteiger partial charge in [0.25, 0.3) is 0 Å². The summed E-state index contributed by atoms with van der Waals surface area (Å²) in [6, 6.07) is -0.307. The zero-order chi connectivity index (χ0) is 10.3. The maximum atomic E-state index is 11.7. The molecule has 0 saturated carbocycles. The first-order valence-corrected chi connectivity index (χ1v) is 5.21. The van der Waals surface area contributed by atoms with Crippen LogP contribution in [0, 0.1) is 0 Å². The molecule has 0 aliphatic carbocycles. The van der Waals surface area contributed by atoms with Crippen LogP contribution in [0.15, 0.2) is 0 Å². The van der Waals surface area contributed by atoms with Gasteiger partial charge in [-0.1, -0.05) is 20.8 Å². The molecule has 0 unspecified atom stereocenters. The lowest BCUT2D eigenvalue weighted by atomic mass is 10.2. The highest BCUT2D eigenvalue weighted by atomic mass is 16.2. The number of hydrogen-bond acceptors (Lipinski definition) is 2. The Labute approximate surface area is 81.3 Å². The molecule has 3 nitrogen and oxygen atoms in total. The number of rotatable bonds is 6.